The lowest BCUT2D eigenvalue weighted by molar-refractivity contribution is -0.129. The lowest BCUT2D eigenvalue weighted by Gasteiger charge is -2.31. The number of rotatable bonds is 6. The van der Waals surface area contributed by atoms with Crippen LogP contribution in [0, 0.1) is 0 Å². The zero-order chi connectivity index (χ0) is 17.2. The van der Waals surface area contributed by atoms with Crippen LogP contribution in [0.25, 0.3) is 0 Å². The van der Waals surface area contributed by atoms with E-state index in [1.807, 2.05) is 51.1 Å². The number of hydrogen-bond acceptors (Lipinski definition) is 5. The highest BCUT2D eigenvalue weighted by Crippen LogP contribution is 2.37. The van der Waals surface area contributed by atoms with E-state index in [1.165, 1.54) is 0 Å². The Balaban J connectivity index is 1.48. The molecule has 2 saturated heterocycles. The van der Waals surface area contributed by atoms with E-state index >= 15 is 0 Å². The van der Waals surface area contributed by atoms with Crippen LogP contribution in [0.3, 0.4) is 0 Å². The van der Waals surface area contributed by atoms with Crippen LogP contribution in [0.1, 0.15) is 26.3 Å². The molecule has 1 aromatic rings. The van der Waals surface area contributed by atoms with E-state index in [1.54, 1.807) is 0 Å². The zero-order valence-electron chi connectivity index (χ0n) is 14.4. The quantitative estimate of drug-likeness (QED) is 0.808. The van der Waals surface area contributed by atoms with Crippen LogP contribution in [0.2, 0.25) is 0 Å². The first kappa shape index (κ1) is 17.2. The lowest BCUT2D eigenvalue weighted by Crippen LogP contribution is -2.46. The van der Waals surface area contributed by atoms with Gasteiger partial charge in [-0.05, 0) is 26.3 Å². The Morgan fingerprint density at radius 2 is 2.08 bits per heavy atom. The summed E-state index contributed by atoms with van der Waals surface area (Å²) < 4.78 is 22.6. The molecule has 0 spiro atoms. The summed E-state index contributed by atoms with van der Waals surface area (Å²) in [5.74, 6) is 0. The fourth-order valence-electron chi connectivity index (χ4n) is 2.84. The molecule has 24 heavy (non-hydrogen) atoms. The second-order valence-corrected chi connectivity index (χ2v) is 7.15. The van der Waals surface area contributed by atoms with Crippen LogP contribution in [-0.2, 0) is 25.6 Å². The van der Waals surface area contributed by atoms with Gasteiger partial charge in [0.15, 0.2) is 0 Å². The second-order valence-electron chi connectivity index (χ2n) is 7.15. The molecule has 0 radical (unpaired) electrons. The monoisotopic (exact) mass is 335 g/mol. The third-order valence-corrected chi connectivity index (χ3v) is 3.93. The lowest BCUT2D eigenvalue weighted by atomic mass is 10.1. The normalized spacial score (nSPS) is 26.5. The molecule has 4 atom stereocenters. The molecule has 2 aliphatic rings. The molecule has 6 nitrogen and oxygen atoms in total. The number of amides is 1. The Labute approximate surface area is 142 Å². The molecule has 0 aromatic heterocycles. The van der Waals surface area contributed by atoms with E-state index in [9.17, 15) is 4.79 Å². The number of nitrogens with one attached hydrogen (secondary N) is 1. The molecular formula is C18H25NO5. The van der Waals surface area contributed by atoms with Crippen molar-refractivity contribution in [3.8, 4) is 0 Å². The largest absolute Gasteiger partial charge is 0.445 e. The summed E-state index contributed by atoms with van der Waals surface area (Å²) in [6.07, 6.45) is -0.617. The van der Waals surface area contributed by atoms with Crippen molar-refractivity contribution < 1.29 is 23.7 Å². The summed E-state index contributed by atoms with van der Waals surface area (Å²) in [6, 6.07) is 9.57. The predicted molar refractivity (Wildman–Crippen MR) is 87.7 cm³/mol. The van der Waals surface area contributed by atoms with Crippen molar-refractivity contribution in [1.29, 1.82) is 0 Å². The molecule has 1 aromatic carbocycles. The number of hydrogen-bond donors (Lipinski definition) is 1. The van der Waals surface area contributed by atoms with Crippen molar-refractivity contribution in [2.24, 2.45) is 0 Å². The van der Waals surface area contributed by atoms with Crippen LogP contribution in [0.5, 0.6) is 0 Å². The topological polar surface area (TPSA) is 69.3 Å². The molecule has 0 bridgehead atoms. The highest BCUT2D eigenvalue weighted by molar-refractivity contribution is 5.67. The number of fused-ring (bicyclic) bond motifs is 1. The fraction of sp³-hybridized carbons (Fsp3) is 0.611. The summed E-state index contributed by atoms with van der Waals surface area (Å²) in [5.41, 5.74) is 0.611. The maximum Gasteiger partial charge on any atom is 0.407 e. The molecule has 2 aliphatic heterocycles. The SMILES string of the molecule is CC(C)(C)O[C@H](CNC(=O)OCc1ccccc1)[C@H]1OC[C@H]2O[C@@H]12. The zero-order valence-corrected chi connectivity index (χ0v) is 14.4. The molecule has 1 N–H and O–H groups in total. The molecule has 0 saturated carbocycles. The third kappa shape index (κ3) is 4.69. The molecule has 2 fully saturated rings. The van der Waals surface area contributed by atoms with Gasteiger partial charge in [0.25, 0.3) is 0 Å². The average Bonchev–Trinajstić information content (AvgIpc) is 3.20. The van der Waals surface area contributed by atoms with Gasteiger partial charge in [-0.15, -0.1) is 0 Å². The molecule has 0 aliphatic carbocycles. The van der Waals surface area contributed by atoms with Gasteiger partial charge in [0.1, 0.15) is 31.0 Å². The molecule has 2 heterocycles. The Morgan fingerprint density at radius 1 is 1.33 bits per heavy atom. The number of ether oxygens (including phenoxy) is 4. The summed E-state index contributed by atoms with van der Waals surface area (Å²) in [6.45, 7) is 7.10. The number of carbonyl (C=O) groups excluding carboxylic acids is 1. The van der Waals surface area contributed by atoms with E-state index in [0.29, 0.717) is 13.2 Å². The third-order valence-electron chi connectivity index (χ3n) is 3.93. The first-order valence-electron chi connectivity index (χ1n) is 8.32. The van der Waals surface area contributed by atoms with Crippen LogP contribution < -0.4 is 5.32 Å². The van der Waals surface area contributed by atoms with E-state index in [0.717, 1.165) is 5.56 Å². The number of benzene rings is 1. The van der Waals surface area contributed by atoms with Gasteiger partial charge in [-0.1, -0.05) is 30.3 Å². The molecular weight excluding hydrogens is 310 g/mol. The van der Waals surface area contributed by atoms with E-state index in [-0.39, 0.29) is 36.6 Å². The Morgan fingerprint density at radius 3 is 2.67 bits per heavy atom. The highest BCUT2D eigenvalue weighted by Gasteiger charge is 2.55. The second kappa shape index (κ2) is 7.09. The van der Waals surface area contributed by atoms with Crippen LogP contribution in [0.15, 0.2) is 30.3 Å². The van der Waals surface area contributed by atoms with Crippen molar-refractivity contribution >= 4 is 6.09 Å². The molecule has 132 valence electrons. The smallest absolute Gasteiger partial charge is 0.407 e. The number of epoxide rings is 1. The van der Waals surface area contributed by atoms with Gasteiger partial charge in [0.2, 0.25) is 0 Å². The van der Waals surface area contributed by atoms with Crippen LogP contribution >= 0.6 is 0 Å². The summed E-state index contributed by atoms with van der Waals surface area (Å²) in [7, 11) is 0. The maximum atomic E-state index is 11.9. The van der Waals surface area contributed by atoms with Crippen molar-refractivity contribution in [2.45, 2.75) is 57.4 Å². The highest BCUT2D eigenvalue weighted by atomic mass is 16.7. The van der Waals surface area contributed by atoms with Crippen molar-refractivity contribution in [2.75, 3.05) is 13.2 Å². The first-order chi connectivity index (χ1) is 11.4. The van der Waals surface area contributed by atoms with Crippen LogP contribution in [-0.4, -0.2) is 49.3 Å². The van der Waals surface area contributed by atoms with E-state index in [4.69, 9.17) is 18.9 Å². The minimum Gasteiger partial charge on any atom is -0.445 e. The number of alkyl carbamates (subject to hydrolysis) is 1. The van der Waals surface area contributed by atoms with E-state index in [2.05, 4.69) is 5.32 Å². The van der Waals surface area contributed by atoms with Crippen molar-refractivity contribution in [3.05, 3.63) is 35.9 Å². The van der Waals surface area contributed by atoms with Gasteiger partial charge in [-0.25, -0.2) is 4.79 Å². The van der Waals surface area contributed by atoms with Gasteiger partial charge in [-0.2, -0.15) is 0 Å². The van der Waals surface area contributed by atoms with Gasteiger partial charge >= 0.3 is 6.09 Å². The summed E-state index contributed by atoms with van der Waals surface area (Å²) in [5, 5.41) is 2.77. The Hall–Kier alpha value is -1.63. The minimum atomic E-state index is -0.465. The standard InChI is InChI=1S/C18H25NO5/c1-18(2,3)24-13(15-16-14(23-16)11-21-15)9-19-17(20)22-10-12-7-5-4-6-8-12/h4-8,13-16H,9-11H2,1-3H3,(H,19,20)/t13-,14-,15-,16-/m1/s1. The van der Waals surface area contributed by atoms with Crippen LogP contribution in [0.4, 0.5) is 4.79 Å². The predicted octanol–water partition coefficient (Wildman–Crippen LogP) is 2.26. The van der Waals surface area contributed by atoms with Gasteiger partial charge in [-0.3, -0.25) is 0 Å². The summed E-state index contributed by atoms with van der Waals surface area (Å²) >= 11 is 0. The molecule has 1 amide bonds. The van der Waals surface area contributed by atoms with Gasteiger partial charge in [0, 0.05) is 6.54 Å². The van der Waals surface area contributed by atoms with E-state index < -0.39 is 6.09 Å². The van der Waals surface area contributed by atoms with Gasteiger partial charge < -0.3 is 24.3 Å². The maximum absolute atomic E-state index is 11.9. The van der Waals surface area contributed by atoms with Crippen molar-refractivity contribution in [3.63, 3.8) is 0 Å². The average molecular weight is 335 g/mol. The summed E-state index contributed by atoms with van der Waals surface area (Å²) in [4.78, 5) is 11.9. The minimum absolute atomic E-state index is 0.0829. The number of carbonyl (C=O) groups is 1. The van der Waals surface area contributed by atoms with Gasteiger partial charge in [0.05, 0.1) is 12.2 Å². The fourth-order valence-corrected chi connectivity index (χ4v) is 2.84. The van der Waals surface area contributed by atoms with Crippen molar-refractivity contribution in [1.82, 2.24) is 5.32 Å². The Bertz CT molecular complexity index is 556. The Kier molecular flexibility index (Phi) is 5.08. The molecule has 3 rings (SSSR count). The first-order valence-corrected chi connectivity index (χ1v) is 8.32. The molecule has 0 unspecified atom stereocenters. The molecule has 6 heteroatoms.